The number of hydrogen-bond acceptors (Lipinski definition) is 5. The number of sulfonamides is 1. The molecule has 1 heterocycles. The summed E-state index contributed by atoms with van der Waals surface area (Å²) in [5.74, 6) is -0.722. The maximum atomic E-state index is 11.5. The average molecular weight is 270 g/mol. The molecule has 0 atom stereocenters. The maximum Gasteiger partial charge on any atom is 0.349 e. The fourth-order valence-corrected chi connectivity index (χ4v) is 3.34. The van der Waals surface area contributed by atoms with Gasteiger partial charge in [0.25, 0.3) is 0 Å². The van der Waals surface area contributed by atoms with Crippen molar-refractivity contribution in [2.75, 3.05) is 14.2 Å². The maximum absolute atomic E-state index is 11.5. The summed E-state index contributed by atoms with van der Waals surface area (Å²) >= 11 is 6.51. The highest BCUT2D eigenvalue weighted by Gasteiger charge is 2.25. The lowest BCUT2D eigenvalue weighted by atomic mass is 10.5. The smallest absolute Gasteiger partial charge is 0.349 e. The Hall–Kier alpha value is -0.630. The van der Waals surface area contributed by atoms with Crippen molar-refractivity contribution in [3.63, 3.8) is 0 Å². The molecule has 1 N–H and O–H groups in total. The minimum absolute atomic E-state index is 0.0307. The number of carbonyl (C=O) groups is 1. The summed E-state index contributed by atoms with van der Waals surface area (Å²) in [6, 6.07) is 1.21. The average Bonchev–Trinajstić information content (AvgIpc) is 2.60. The van der Waals surface area contributed by atoms with Crippen LogP contribution in [0.15, 0.2) is 11.0 Å². The van der Waals surface area contributed by atoms with Crippen LogP contribution < -0.4 is 4.72 Å². The second-order valence-electron chi connectivity index (χ2n) is 2.44. The van der Waals surface area contributed by atoms with E-state index in [1.54, 1.807) is 0 Å². The molecule has 1 aromatic heterocycles. The molecule has 0 amide bonds. The van der Waals surface area contributed by atoms with Crippen LogP contribution in [0.3, 0.4) is 0 Å². The third kappa shape index (κ3) is 2.49. The molecule has 1 aromatic rings. The predicted molar refractivity (Wildman–Crippen MR) is 56.9 cm³/mol. The minimum atomic E-state index is -3.69. The Morgan fingerprint density at radius 1 is 1.60 bits per heavy atom. The molecular weight excluding hydrogens is 262 g/mol. The molecule has 5 nitrogen and oxygen atoms in total. The highest BCUT2D eigenvalue weighted by molar-refractivity contribution is 7.89. The Balaban J connectivity index is 3.36. The summed E-state index contributed by atoms with van der Waals surface area (Å²) in [5, 5.41) is 0. The highest BCUT2D eigenvalue weighted by atomic mass is 35.5. The first-order chi connectivity index (χ1) is 6.92. The Morgan fingerprint density at radius 3 is 2.67 bits per heavy atom. The third-order valence-corrected chi connectivity index (χ3v) is 4.41. The predicted octanol–water partition coefficient (Wildman–Crippen LogP) is 1.10. The van der Waals surface area contributed by atoms with Gasteiger partial charge in [-0.2, -0.15) is 0 Å². The van der Waals surface area contributed by atoms with Gasteiger partial charge in [0.05, 0.1) is 11.4 Å². The number of thiophene rings is 1. The van der Waals surface area contributed by atoms with Crippen LogP contribution in [0.4, 0.5) is 0 Å². The van der Waals surface area contributed by atoms with Crippen molar-refractivity contribution in [1.82, 2.24) is 4.72 Å². The Bertz CT molecular complexity index is 479. The van der Waals surface area contributed by atoms with E-state index in [0.29, 0.717) is 0 Å². The fraction of sp³-hybridized carbons (Fsp3) is 0.286. The number of rotatable bonds is 3. The third-order valence-electron chi connectivity index (χ3n) is 1.60. The fourth-order valence-electron chi connectivity index (χ4n) is 0.890. The van der Waals surface area contributed by atoms with Crippen LogP contribution in [0.5, 0.6) is 0 Å². The van der Waals surface area contributed by atoms with E-state index in [2.05, 4.69) is 9.46 Å². The van der Waals surface area contributed by atoms with Crippen molar-refractivity contribution >= 4 is 38.9 Å². The lowest BCUT2D eigenvalue weighted by Gasteiger charge is -2.01. The summed E-state index contributed by atoms with van der Waals surface area (Å²) < 4.78 is 29.7. The lowest BCUT2D eigenvalue weighted by Crippen LogP contribution is -2.20. The Kier molecular flexibility index (Phi) is 3.72. The number of carbonyl (C=O) groups excluding carboxylic acids is 1. The number of esters is 1. The van der Waals surface area contributed by atoms with Crippen LogP contribution >= 0.6 is 22.9 Å². The summed E-state index contributed by atoms with van der Waals surface area (Å²) in [7, 11) is -1.26. The number of ether oxygens (including phenoxy) is 1. The van der Waals surface area contributed by atoms with Crippen molar-refractivity contribution in [3.05, 3.63) is 15.3 Å². The van der Waals surface area contributed by atoms with Crippen LogP contribution in [-0.2, 0) is 14.8 Å². The molecule has 0 unspecified atom stereocenters. The summed E-state index contributed by atoms with van der Waals surface area (Å²) in [6.07, 6.45) is 0. The molecule has 84 valence electrons. The molecule has 15 heavy (non-hydrogen) atoms. The molecule has 0 aromatic carbocycles. The Morgan fingerprint density at radius 2 is 2.20 bits per heavy atom. The van der Waals surface area contributed by atoms with Gasteiger partial charge in [0.1, 0.15) is 9.77 Å². The normalized spacial score (nSPS) is 11.4. The summed E-state index contributed by atoms with van der Waals surface area (Å²) in [5.41, 5.74) is 0. The van der Waals surface area contributed by atoms with Gasteiger partial charge >= 0.3 is 5.97 Å². The lowest BCUT2D eigenvalue weighted by molar-refractivity contribution is 0.0602. The molecule has 1 rings (SSSR count). The van der Waals surface area contributed by atoms with Gasteiger partial charge in [0.15, 0.2) is 0 Å². The molecule has 0 spiro atoms. The van der Waals surface area contributed by atoms with Gasteiger partial charge in [-0.15, -0.1) is 11.3 Å². The van der Waals surface area contributed by atoms with Crippen molar-refractivity contribution in [3.8, 4) is 0 Å². The van der Waals surface area contributed by atoms with Crippen LogP contribution in [0, 0.1) is 0 Å². The second kappa shape index (κ2) is 4.48. The van der Waals surface area contributed by atoms with Crippen LogP contribution in [-0.4, -0.2) is 28.5 Å². The Labute approximate surface area is 96.1 Å². The van der Waals surface area contributed by atoms with Gasteiger partial charge in [-0.25, -0.2) is 17.9 Å². The molecular formula is C7H8ClNO4S2. The highest BCUT2D eigenvalue weighted by Crippen LogP contribution is 2.30. The first-order valence-electron chi connectivity index (χ1n) is 3.73. The van der Waals surface area contributed by atoms with Gasteiger partial charge in [0.2, 0.25) is 10.0 Å². The second-order valence-corrected chi connectivity index (χ2v) is 5.98. The van der Waals surface area contributed by atoms with Crippen molar-refractivity contribution in [1.29, 1.82) is 0 Å². The van der Waals surface area contributed by atoms with E-state index in [4.69, 9.17) is 11.6 Å². The molecule has 0 fully saturated rings. The van der Waals surface area contributed by atoms with Crippen molar-refractivity contribution < 1.29 is 17.9 Å². The van der Waals surface area contributed by atoms with Gasteiger partial charge in [-0.1, -0.05) is 11.6 Å². The zero-order valence-corrected chi connectivity index (χ0v) is 10.3. The molecule has 0 bridgehead atoms. The topological polar surface area (TPSA) is 72.5 Å². The molecule has 0 saturated heterocycles. The molecule has 0 saturated carbocycles. The number of hydrogen-bond donors (Lipinski definition) is 1. The van der Waals surface area contributed by atoms with E-state index in [0.717, 1.165) is 11.3 Å². The SMILES string of the molecule is CNS(=O)(=O)c1cc(Cl)sc1C(=O)OC. The first kappa shape index (κ1) is 12.4. The molecule has 0 aliphatic carbocycles. The standard InChI is InChI=1S/C7H8ClNO4S2/c1-9-15(11,12)4-3-5(8)14-6(4)7(10)13-2/h3,9H,1-2H3. The monoisotopic (exact) mass is 269 g/mol. The molecule has 0 aliphatic rings. The van der Waals surface area contributed by atoms with Crippen molar-refractivity contribution in [2.24, 2.45) is 0 Å². The van der Waals surface area contributed by atoms with Gasteiger partial charge in [-0.05, 0) is 13.1 Å². The van der Waals surface area contributed by atoms with Gasteiger partial charge in [0, 0.05) is 0 Å². The van der Waals surface area contributed by atoms with E-state index in [9.17, 15) is 13.2 Å². The quantitative estimate of drug-likeness (QED) is 0.834. The van der Waals surface area contributed by atoms with E-state index >= 15 is 0 Å². The van der Waals surface area contributed by atoms with Gasteiger partial charge in [-0.3, -0.25) is 0 Å². The number of methoxy groups -OCH3 is 1. The summed E-state index contributed by atoms with van der Waals surface area (Å²) in [6.45, 7) is 0. The molecule has 0 aliphatic heterocycles. The molecule has 8 heteroatoms. The van der Waals surface area contributed by atoms with E-state index in [1.807, 2.05) is 0 Å². The minimum Gasteiger partial charge on any atom is -0.465 e. The zero-order valence-electron chi connectivity index (χ0n) is 7.90. The molecule has 0 radical (unpaired) electrons. The van der Waals surface area contributed by atoms with Crippen LogP contribution in [0.2, 0.25) is 4.34 Å². The van der Waals surface area contributed by atoms with Crippen LogP contribution in [0.25, 0.3) is 0 Å². The zero-order chi connectivity index (χ0) is 11.6. The first-order valence-corrected chi connectivity index (χ1v) is 6.41. The number of nitrogens with one attached hydrogen (secondary N) is 1. The summed E-state index contributed by atoms with van der Waals surface area (Å²) in [4.78, 5) is 11.1. The van der Waals surface area contributed by atoms with Gasteiger partial charge < -0.3 is 4.74 Å². The van der Waals surface area contributed by atoms with Crippen LogP contribution in [0.1, 0.15) is 9.67 Å². The van der Waals surface area contributed by atoms with E-state index < -0.39 is 16.0 Å². The van der Waals surface area contributed by atoms with E-state index in [1.165, 1.54) is 20.2 Å². The van der Waals surface area contributed by atoms with Crippen molar-refractivity contribution in [2.45, 2.75) is 4.90 Å². The number of halogens is 1. The van der Waals surface area contributed by atoms with E-state index in [-0.39, 0.29) is 14.1 Å². The largest absolute Gasteiger partial charge is 0.465 e.